The van der Waals surface area contributed by atoms with Gasteiger partial charge in [0.1, 0.15) is 12.0 Å². The Morgan fingerprint density at radius 3 is 2.67 bits per heavy atom. The van der Waals surface area contributed by atoms with Gasteiger partial charge in [0.15, 0.2) is 5.65 Å². The SMILES string of the molecule is COc1cc(Cl)ccc1-c1cccn2nc(Nc3ccc4c(c3)CCN(CC(O)N(C)C)CC4)nc12. The zero-order valence-electron chi connectivity index (χ0n) is 20.8. The quantitative estimate of drug-likeness (QED) is 0.366. The summed E-state index contributed by atoms with van der Waals surface area (Å²) in [5, 5.41) is 18.9. The zero-order valence-corrected chi connectivity index (χ0v) is 21.5. The van der Waals surface area contributed by atoms with Gasteiger partial charge in [-0.2, -0.15) is 4.98 Å². The van der Waals surface area contributed by atoms with E-state index in [0.717, 1.165) is 48.4 Å². The van der Waals surface area contributed by atoms with Crippen LogP contribution in [0.4, 0.5) is 11.6 Å². The maximum atomic E-state index is 10.2. The molecule has 5 rings (SSSR count). The van der Waals surface area contributed by atoms with Crippen molar-refractivity contribution < 1.29 is 9.84 Å². The standard InChI is InChI=1S/C27H31ClN6O2/c1-32(2)25(35)17-33-13-10-18-6-8-21(15-19(18)11-14-33)29-27-30-26-23(5-4-12-34(26)31-27)22-9-7-20(28)16-24(22)36-3/h4-9,12,15-16,25,35H,10-11,13-14,17H2,1-3H3,(H,29,31). The average molecular weight is 507 g/mol. The molecule has 8 nitrogen and oxygen atoms in total. The Kier molecular flexibility index (Phi) is 7.11. The van der Waals surface area contributed by atoms with E-state index in [1.165, 1.54) is 11.1 Å². The Morgan fingerprint density at radius 2 is 1.89 bits per heavy atom. The predicted molar refractivity (Wildman–Crippen MR) is 143 cm³/mol. The second-order valence-corrected chi connectivity index (χ2v) is 9.76. The molecule has 1 unspecified atom stereocenters. The molecule has 0 saturated heterocycles. The molecule has 1 aliphatic heterocycles. The number of fused-ring (bicyclic) bond motifs is 2. The number of rotatable bonds is 7. The summed E-state index contributed by atoms with van der Waals surface area (Å²) in [7, 11) is 5.43. The van der Waals surface area contributed by atoms with Gasteiger partial charge in [-0.05, 0) is 80.5 Å². The molecule has 1 aliphatic rings. The Bertz CT molecular complexity index is 1370. The first-order valence-electron chi connectivity index (χ1n) is 12.1. The molecular formula is C27H31ClN6O2. The van der Waals surface area contributed by atoms with Crippen LogP contribution >= 0.6 is 11.6 Å². The Hall–Kier alpha value is -3.17. The average Bonchev–Trinajstić information content (AvgIpc) is 3.18. The molecule has 0 saturated carbocycles. The fourth-order valence-electron chi connectivity index (χ4n) is 4.61. The molecule has 0 fully saturated rings. The van der Waals surface area contributed by atoms with Gasteiger partial charge in [-0.3, -0.25) is 9.80 Å². The molecule has 1 atom stereocenters. The minimum atomic E-state index is -0.456. The first-order valence-corrected chi connectivity index (χ1v) is 12.4. The van der Waals surface area contributed by atoms with Gasteiger partial charge in [-0.25, -0.2) is 4.52 Å². The van der Waals surface area contributed by atoms with Crippen LogP contribution in [-0.2, 0) is 12.8 Å². The van der Waals surface area contributed by atoms with Crippen molar-refractivity contribution in [3.8, 4) is 16.9 Å². The van der Waals surface area contributed by atoms with Crippen LogP contribution in [0.5, 0.6) is 5.75 Å². The topological polar surface area (TPSA) is 78.2 Å². The zero-order chi connectivity index (χ0) is 25.2. The summed E-state index contributed by atoms with van der Waals surface area (Å²) < 4.78 is 7.33. The largest absolute Gasteiger partial charge is 0.496 e. The molecule has 0 radical (unpaired) electrons. The highest BCUT2D eigenvalue weighted by Gasteiger charge is 2.19. The lowest BCUT2D eigenvalue weighted by molar-refractivity contribution is 0.00971. The minimum absolute atomic E-state index is 0.456. The maximum Gasteiger partial charge on any atom is 0.247 e. The highest BCUT2D eigenvalue weighted by atomic mass is 35.5. The number of methoxy groups -OCH3 is 1. The van der Waals surface area contributed by atoms with Crippen molar-refractivity contribution in [2.24, 2.45) is 0 Å². The first-order chi connectivity index (χ1) is 17.4. The van der Waals surface area contributed by atoms with Crippen molar-refractivity contribution in [3.05, 3.63) is 70.9 Å². The fourth-order valence-corrected chi connectivity index (χ4v) is 4.77. The molecule has 0 bridgehead atoms. The van der Waals surface area contributed by atoms with Gasteiger partial charge in [-0.15, -0.1) is 5.10 Å². The second-order valence-electron chi connectivity index (χ2n) is 9.32. The van der Waals surface area contributed by atoms with Crippen molar-refractivity contribution >= 4 is 28.9 Å². The van der Waals surface area contributed by atoms with Gasteiger partial charge in [0.05, 0.1) is 7.11 Å². The van der Waals surface area contributed by atoms with Gasteiger partial charge in [-0.1, -0.05) is 17.7 Å². The third-order valence-electron chi connectivity index (χ3n) is 6.69. The van der Waals surface area contributed by atoms with Gasteiger partial charge in [0.2, 0.25) is 5.95 Å². The number of aromatic nitrogens is 3. The van der Waals surface area contributed by atoms with Gasteiger partial charge < -0.3 is 15.2 Å². The van der Waals surface area contributed by atoms with Crippen LogP contribution in [0.15, 0.2) is 54.7 Å². The number of hydrogen-bond acceptors (Lipinski definition) is 7. The van der Waals surface area contributed by atoms with Crippen molar-refractivity contribution in [1.82, 2.24) is 24.4 Å². The highest BCUT2D eigenvalue weighted by Crippen LogP contribution is 2.34. The summed E-state index contributed by atoms with van der Waals surface area (Å²) >= 11 is 6.16. The molecule has 0 spiro atoms. The summed E-state index contributed by atoms with van der Waals surface area (Å²) in [4.78, 5) is 8.96. The number of aliphatic hydroxyl groups excluding tert-OH is 1. The van der Waals surface area contributed by atoms with Crippen LogP contribution in [0.2, 0.25) is 5.02 Å². The summed E-state index contributed by atoms with van der Waals surface area (Å²) in [5.74, 6) is 1.21. The van der Waals surface area contributed by atoms with E-state index in [0.29, 0.717) is 23.3 Å². The number of β-amino-alcohol motifs (C(OH)–C–C–N with tert-alkyl or cyclic N) is 1. The Morgan fingerprint density at radius 1 is 1.08 bits per heavy atom. The number of benzene rings is 2. The second kappa shape index (κ2) is 10.4. The highest BCUT2D eigenvalue weighted by molar-refractivity contribution is 6.30. The number of anilines is 2. The molecule has 4 aromatic rings. The Balaban J connectivity index is 1.37. The number of aliphatic hydroxyl groups is 1. The third-order valence-corrected chi connectivity index (χ3v) is 6.93. The van der Waals surface area contributed by atoms with Crippen LogP contribution in [0.1, 0.15) is 11.1 Å². The summed E-state index contributed by atoms with van der Waals surface area (Å²) in [6.45, 7) is 2.51. The fraction of sp³-hybridized carbons (Fsp3) is 0.333. The number of likely N-dealkylation sites (N-methyl/N-ethyl adjacent to an activating group) is 1. The number of nitrogens with zero attached hydrogens (tertiary/aromatic N) is 5. The van der Waals surface area contributed by atoms with Gasteiger partial charge in [0, 0.05) is 47.7 Å². The van der Waals surface area contributed by atoms with Crippen LogP contribution in [-0.4, -0.2) is 76.6 Å². The lowest BCUT2D eigenvalue weighted by Crippen LogP contribution is -2.41. The maximum absolute atomic E-state index is 10.2. The van der Waals surface area contributed by atoms with E-state index in [1.807, 2.05) is 49.5 Å². The number of ether oxygens (including phenoxy) is 1. The lowest BCUT2D eigenvalue weighted by Gasteiger charge is -2.26. The normalized spacial score (nSPS) is 15.1. The third kappa shape index (κ3) is 5.17. The molecule has 2 aromatic heterocycles. The van der Waals surface area contributed by atoms with E-state index in [9.17, 15) is 5.11 Å². The summed E-state index contributed by atoms with van der Waals surface area (Å²) in [6, 6.07) is 16.0. The van der Waals surface area contributed by atoms with E-state index in [2.05, 4.69) is 33.5 Å². The van der Waals surface area contributed by atoms with E-state index in [1.54, 1.807) is 17.7 Å². The van der Waals surface area contributed by atoms with Crippen molar-refractivity contribution in [2.45, 2.75) is 19.1 Å². The number of pyridine rings is 1. The molecular weight excluding hydrogens is 476 g/mol. The van der Waals surface area contributed by atoms with Crippen LogP contribution in [0.3, 0.4) is 0 Å². The lowest BCUT2D eigenvalue weighted by atomic mass is 10.0. The molecule has 2 aromatic carbocycles. The smallest absolute Gasteiger partial charge is 0.247 e. The van der Waals surface area contributed by atoms with E-state index >= 15 is 0 Å². The van der Waals surface area contributed by atoms with Gasteiger partial charge >= 0.3 is 0 Å². The van der Waals surface area contributed by atoms with E-state index in [-0.39, 0.29) is 0 Å². The van der Waals surface area contributed by atoms with E-state index < -0.39 is 6.23 Å². The molecule has 9 heteroatoms. The van der Waals surface area contributed by atoms with Crippen LogP contribution < -0.4 is 10.1 Å². The minimum Gasteiger partial charge on any atom is -0.496 e. The predicted octanol–water partition coefficient (Wildman–Crippen LogP) is 4.08. The number of nitrogens with one attached hydrogen (secondary N) is 1. The Labute approximate surface area is 216 Å². The van der Waals surface area contributed by atoms with E-state index in [4.69, 9.17) is 21.3 Å². The van der Waals surface area contributed by atoms with Crippen molar-refractivity contribution in [3.63, 3.8) is 0 Å². The van der Waals surface area contributed by atoms with Crippen LogP contribution in [0, 0.1) is 0 Å². The first kappa shape index (κ1) is 24.5. The van der Waals surface area contributed by atoms with Crippen LogP contribution in [0.25, 0.3) is 16.8 Å². The molecule has 36 heavy (non-hydrogen) atoms. The number of halogens is 1. The molecule has 0 amide bonds. The molecule has 0 aliphatic carbocycles. The molecule has 2 N–H and O–H groups in total. The van der Waals surface area contributed by atoms with Crippen molar-refractivity contribution in [2.75, 3.05) is 46.2 Å². The monoisotopic (exact) mass is 506 g/mol. The molecule has 188 valence electrons. The summed E-state index contributed by atoms with van der Waals surface area (Å²) in [5.41, 5.74) is 6.16. The summed E-state index contributed by atoms with van der Waals surface area (Å²) in [6.07, 6.45) is 3.33. The van der Waals surface area contributed by atoms with Crippen molar-refractivity contribution in [1.29, 1.82) is 0 Å². The van der Waals surface area contributed by atoms with Gasteiger partial charge in [0.25, 0.3) is 0 Å². The number of hydrogen-bond donors (Lipinski definition) is 2. The molecule has 3 heterocycles.